The molecule has 4 heterocycles. The average Bonchev–Trinajstić information content (AvgIpc) is 3.09. The molecule has 3 aliphatic heterocycles. The van der Waals surface area contributed by atoms with Gasteiger partial charge in [-0.1, -0.05) is 13.8 Å². The number of aromatic nitrogens is 1. The van der Waals surface area contributed by atoms with E-state index in [9.17, 15) is 8.42 Å². The lowest BCUT2D eigenvalue weighted by atomic mass is 9.90. The number of hydrogen-bond acceptors (Lipinski definition) is 8. The van der Waals surface area contributed by atoms with E-state index in [0.717, 1.165) is 36.3 Å². The Hall–Kier alpha value is -2.50. The Morgan fingerprint density at radius 2 is 2.23 bits per heavy atom. The van der Waals surface area contributed by atoms with Gasteiger partial charge in [0.15, 0.2) is 0 Å². The monoisotopic (exact) mass is 433 g/mol. The number of likely N-dealkylation sites (N-methyl/N-ethyl adjacent to an activating group) is 1. The number of rotatable bonds is 6. The Balaban J connectivity index is 1.83. The molecule has 2 unspecified atom stereocenters. The number of hydrazone groups is 1. The van der Waals surface area contributed by atoms with E-state index in [1.54, 1.807) is 18.7 Å². The van der Waals surface area contributed by atoms with E-state index in [4.69, 9.17) is 0 Å². The summed E-state index contributed by atoms with van der Waals surface area (Å²) in [5.74, 6) is -0.300. The van der Waals surface area contributed by atoms with Crippen molar-refractivity contribution in [3.63, 3.8) is 0 Å². The van der Waals surface area contributed by atoms with Gasteiger partial charge in [0.05, 0.1) is 31.9 Å². The molecule has 0 aliphatic carbocycles. The predicted octanol–water partition coefficient (Wildman–Crippen LogP) is 0.485. The molecule has 3 N–H and O–H groups in total. The molecule has 0 bridgehead atoms. The quantitative estimate of drug-likeness (QED) is 0.563. The van der Waals surface area contributed by atoms with Gasteiger partial charge in [0, 0.05) is 36.1 Å². The van der Waals surface area contributed by atoms with Crippen LogP contribution in [-0.4, -0.2) is 61.7 Å². The summed E-state index contributed by atoms with van der Waals surface area (Å²) in [6, 6.07) is 2.15. The number of nitrogens with zero attached hydrogens (tertiary/aromatic N) is 5. The van der Waals surface area contributed by atoms with E-state index in [-0.39, 0.29) is 12.6 Å². The Labute approximate surface area is 177 Å². The highest BCUT2D eigenvalue weighted by atomic mass is 32.2. The molecule has 1 spiro atoms. The Morgan fingerprint density at radius 1 is 1.43 bits per heavy atom. The number of anilines is 1. The fourth-order valence-electron chi connectivity index (χ4n) is 4.82. The zero-order valence-electron chi connectivity index (χ0n) is 17.7. The van der Waals surface area contributed by atoms with Crippen molar-refractivity contribution >= 4 is 28.4 Å². The molecule has 10 nitrogen and oxygen atoms in total. The molecule has 0 aromatic carbocycles. The Bertz CT molecular complexity index is 1020. The van der Waals surface area contributed by atoms with E-state index in [1.807, 2.05) is 18.6 Å². The van der Waals surface area contributed by atoms with E-state index in [1.165, 1.54) is 0 Å². The third kappa shape index (κ3) is 3.08. The first-order valence-electron chi connectivity index (χ1n) is 10.1. The molecule has 1 fully saturated rings. The first kappa shape index (κ1) is 20.8. The summed E-state index contributed by atoms with van der Waals surface area (Å²) >= 11 is 0. The number of aliphatic imine (C=N–C) groups is 1. The Kier molecular flexibility index (Phi) is 5.07. The number of nitrogens with one attached hydrogen (secondary N) is 3. The van der Waals surface area contributed by atoms with Gasteiger partial charge in [0.25, 0.3) is 0 Å². The predicted molar refractivity (Wildman–Crippen MR) is 117 cm³/mol. The number of sulfonamides is 1. The molecule has 0 radical (unpaired) electrons. The van der Waals surface area contributed by atoms with E-state index in [0.29, 0.717) is 10.4 Å². The van der Waals surface area contributed by atoms with Gasteiger partial charge in [-0.3, -0.25) is 10.3 Å². The summed E-state index contributed by atoms with van der Waals surface area (Å²) in [5, 5.41) is 7.96. The highest BCUT2D eigenvalue weighted by molar-refractivity contribution is 7.88. The minimum absolute atomic E-state index is 0.166. The Morgan fingerprint density at radius 3 is 2.93 bits per heavy atom. The van der Waals surface area contributed by atoms with E-state index in [2.05, 4.69) is 56.2 Å². The van der Waals surface area contributed by atoms with Crippen LogP contribution in [0.4, 0.5) is 5.69 Å². The molecule has 1 aromatic rings. The largest absolute Gasteiger partial charge is 0.328 e. The van der Waals surface area contributed by atoms with Gasteiger partial charge in [-0.25, -0.2) is 28.0 Å². The highest BCUT2D eigenvalue weighted by Gasteiger charge is 2.66. The highest BCUT2D eigenvalue weighted by Crippen LogP contribution is 2.44. The van der Waals surface area contributed by atoms with Crippen LogP contribution in [0.5, 0.6) is 0 Å². The lowest BCUT2D eigenvalue weighted by Crippen LogP contribution is -2.83. The second kappa shape index (κ2) is 7.33. The molecular weight excluding hydrogens is 404 g/mol. The van der Waals surface area contributed by atoms with Crippen molar-refractivity contribution in [3.8, 4) is 0 Å². The third-order valence-corrected chi connectivity index (χ3v) is 6.94. The van der Waals surface area contributed by atoms with Gasteiger partial charge in [-0.05, 0) is 13.0 Å². The van der Waals surface area contributed by atoms with Gasteiger partial charge in [-0.15, -0.1) is 5.10 Å². The second-order valence-electron chi connectivity index (χ2n) is 8.27. The van der Waals surface area contributed by atoms with Gasteiger partial charge in [0.1, 0.15) is 11.7 Å². The summed E-state index contributed by atoms with van der Waals surface area (Å²) in [5.41, 5.74) is 5.97. The van der Waals surface area contributed by atoms with Crippen molar-refractivity contribution in [3.05, 3.63) is 35.9 Å². The maximum Gasteiger partial charge on any atom is 0.317 e. The molecule has 30 heavy (non-hydrogen) atoms. The number of quaternary nitrogens is 1. The second-order valence-corrected chi connectivity index (χ2v) is 10.1. The zero-order valence-corrected chi connectivity index (χ0v) is 18.5. The summed E-state index contributed by atoms with van der Waals surface area (Å²) < 4.78 is 26.6. The smallest absolute Gasteiger partial charge is 0.317 e. The van der Waals surface area contributed by atoms with Gasteiger partial charge < -0.3 is 4.90 Å². The van der Waals surface area contributed by atoms with Gasteiger partial charge in [-0.2, -0.15) is 0 Å². The van der Waals surface area contributed by atoms with Crippen LogP contribution in [-0.2, 0) is 16.6 Å². The molecule has 3 aliphatic rings. The topological polar surface area (TPSA) is 111 Å². The summed E-state index contributed by atoms with van der Waals surface area (Å²) in [6.07, 6.45) is 10.1. The van der Waals surface area contributed by atoms with Crippen LogP contribution in [0.1, 0.15) is 26.3 Å². The molecule has 4 rings (SSSR count). The molecule has 1 saturated heterocycles. The molecular formula is C19H29N8O2S+. The van der Waals surface area contributed by atoms with Crippen LogP contribution < -0.4 is 20.4 Å². The minimum atomic E-state index is -3.33. The van der Waals surface area contributed by atoms with Gasteiger partial charge in [0.2, 0.25) is 16.4 Å². The van der Waals surface area contributed by atoms with Crippen LogP contribution in [0.2, 0.25) is 0 Å². The van der Waals surface area contributed by atoms with Crippen LogP contribution in [0.25, 0.3) is 0 Å². The molecule has 11 heteroatoms. The van der Waals surface area contributed by atoms with Crippen LogP contribution in [0.15, 0.2) is 40.5 Å². The minimum Gasteiger partial charge on any atom is -0.328 e. The molecule has 0 amide bonds. The van der Waals surface area contributed by atoms with E-state index >= 15 is 0 Å². The van der Waals surface area contributed by atoms with E-state index < -0.39 is 15.8 Å². The van der Waals surface area contributed by atoms with Crippen molar-refractivity contribution in [2.24, 2.45) is 16.0 Å². The van der Waals surface area contributed by atoms with Crippen LogP contribution in [0.3, 0.4) is 0 Å². The maximum absolute atomic E-state index is 11.7. The number of piperazine rings is 1. The first-order chi connectivity index (χ1) is 14.2. The third-order valence-electron chi connectivity index (χ3n) is 6.27. The maximum atomic E-state index is 11.7. The van der Waals surface area contributed by atoms with Crippen LogP contribution >= 0.6 is 0 Å². The molecule has 1 aromatic heterocycles. The SMILES string of the molecule is CC[N@@+]12C=NNC13NC=NC=C3N(c1ccncc1CNS(C)(=O)=O)CC2C(C)C. The molecule has 0 saturated carbocycles. The standard InChI is InChI=1S/C19H29N8O2S/c1-5-27-13-23-25-19(27)18(10-21-12-22-19)26(11-17(27)14(2)3)16-6-7-20-8-15(16)9-24-30(4,28)29/h6-8,10,12-14,17,24-25H,5,9,11H2,1-4H3,(H,21,22)/q+1/t17?,19?,27-/m0/s1. The van der Waals surface area contributed by atoms with Gasteiger partial charge >= 0.3 is 5.79 Å². The molecule has 3 atom stereocenters. The summed E-state index contributed by atoms with van der Waals surface area (Å²) in [6.45, 7) is 8.37. The lowest BCUT2D eigenvalue weighted by molar-refractivity contribution is -0.911. The first-order valence-corrected chi connectivity index (χ1v) is 12.0. The lowest BCUT2D eigenvalue weighted by Gasteiger charge is -2.57. The fourth-order valence-corrected chi connectivity index (χ4v) is 5.23. The average molecular weight is 434 g/mol. The molecule has 162 valence electrons. The van der Waals surface area contributed by atoms with Crippen LogP contribution in [0, 0.1) is 5.92 Å². The van der Waals surface area contributed by atoms with Crippen molar-refractivity contribution in [2.45, 2.75) is 39.1 Å². The number of hydrogen-bond donors (Lipinski definition) is 3. The fraction of sp³-hybridized carbons (Fsp3) is 0.526. The zero-order chi connectivity index (χ0) is 21.6. The van der Waals surface area contributed by atoms with Crippen molar-refractivity contribution in [1.29, 1.82) is 0 Å². The number of pyridine rings is 1. The van der Waals surface area contributed by atoms with Crippen molar-refractivity contribution in [1.82, 2.24) is 20.4 Å². The normalized spacial score (nSPS) is 29.8. The summed E-state index contributed by atoms with van der Waals surface area (Å²) in [4.78, 5) is 10.8. The summed E-state index contributed by atoms with van der Waals surface area (Å²) in [7, 11) is -3.33. The van der Waals surface area contributed by atoms with Crippen molar-refractivity contribution in [2.75, 3.05) is 24.2 Å². The van der Waals surface area contributed by atoms with Crippen molar-refractivity contribution < 1.29 is 12.9 Å².